The van der Waals surface area contributed by atoms with E-state index in [0.29, 0.717) is 5.84 Å². The zero-order valence-corrected chi connectivity index (χ0v) is 15.7. The van der Waals surface area contributed by atoms with E-state index < -0.39 is 5.54 Å². The first-order valence-corrected chi connectivity index (χ1v) is 9.96. The van der Waals surface area contributed by atoms with Gasteiger partial charge in [0.1, 0.15) is 11.4 Å². The fourth-order valence-corrected chi connectivity index (χ4v) is 4.52. The molecular weight excluding hydrogens is 334 g/mol. The molecule has 2 aliphatic heterocycles. The van der Waals surface area contributed by atoms with Crippen LogP contribution in [0, 0.1) is 11.3 Å². The molecule has 2 fully saturated rings. The predicted octanol–water partition coefficient (Wildman–Crippen LogP) is 3.57. The maximum Gasteiger partial charge on any atom is 0.177 e. The second kappa shape index (κ2) is 7.65. The number of nitrogens with one attached hydrogen (secondary N) is 2. The van der Waals surface area contributed by atoms with Gasteiger partial charge in [-0.15, -0.1) is 0 Å². The molecule has 2 aliphatic rings. The van der Waals surface area contributed by atoms with Gasteiger partial charge in [-0.2, -0.15) is 0 Å². The van der Waals surface area contributed by atoms with E-state index in [1.54, 1.807) is 0 Å². The molecule has 1 atom stereocenters. The Bertz CT molecular complexity index is 757. The maximum atomic E-state index is 13.6. The molecule has 0 amide bonds. The number of likely N-dealkylation sites (tertiary alicyclic amines) is 1. The number of Topliss-reactive ketones (excluding diaryl/α,β-unsaturated/α-hetero) is 1. The van der Waals surface area contributed by atoms with Crippen LogP contribution in [0.3, 0.4) is 0 Å². The number of carbonyl (C=O) groups excluding carboxylic acids is 1. The van der Waals surface area contributed by atoms with Crippen LogP contribution in [0.15, 0.2) is 60.7 Å². The standard InChI is InChI=1S/C23H27N3O/c24-22-20(14-9-17-26-15-7-8-16-26)21(27)23(25-22,18-10-3-1-4-11-18)19-12-5-2-6-13-19/h1-6,10-13,20H,7-9,14-17H2,(H2,24,25). The van der Waals surface area contributed by atoms with E-state index in [-0.39, 0.29) is 11.7 Å². The summed E-state index contributed by atoms with van der Waals surface area (Å²) in [6.45, 7) is 3.37. The van der Waals surface area contributed by atoms with Crippen molar-refractivity contribution in [1.82, 2.24) is 10.2 Å². The van der Waals surface area contributed by atoms with Crippen LogP contribution in [-0.2, 0) is 10.3 Å². The lowest BCUT2D eigenvalue weighted by Gasteiger charge is -2.29. The first kappa shape index (κ1) is 17.9. The minimum Gasteiger partial charge on any atom is -0.354 e. The number of hydrogen-bond donors (Lipinski definition) is 2. The van der Waals surface area contributed by atoms with Gasteiger partial charge in [-0.3, -0.25) is 10.2 Å². The summed E-state index contributed by atoms with van der Waals surface area (Å²) in [6, 6.07) is 19.7. The van der Waals surface area contributed by atoms with Crippen LogP contribution in [0.2, 0.25) is 0 Å². The van der Waals surface area contributed by atoms with Crippen LogP contribution in [0.1, 0.15) is 36.8 Å². The van der Waals surface area contributed by atoms with E-state index in [1.165, 1.54) is 25.9 Å². The Balaban J connectivity index is 1.60. The van der Waals surface area contributed by atoms with Crippen molar-refractivity contribution >= 4 is 11.6 Å². The normalized spacial score (nSPS) is 22.1. The largest absolute Gasteiger partial charge is 0.354 e. The SMILES string of the molecule is N=C1NC(c2ccccc2)(c2ccccc2)C(=O)C1CCCN1CCCC1. The summed E-state index contributed by atoms with van der Waals surface area (Å²) in [5, 5.41) is 11.8. The van der Waals surface area contributed by atoms with Crippen molar-refractivity contribution in [3.63, 3.8) is 0 Å². The van der Waals surface area contributed by atoms with Gasteiger partial charge in [-0.05, 0) is 56.4 Å². The average molecular weight is 361 g/mol. The molecule has 0 saturated carbocycles. The molecule has 4 nitrogen and oxygen atoms in total. The van der Waals surface area contributed by atoms with Crippen LogP contribution in [-0.4, -0.2) is 36.2 Å². The van der Waals surface area contributed by atoms with Crippen LogP contribution in [0.5, 0.6) is 0 Å². The molecule has 0 radical (unpaired) electrons. The van der Waals surface area contributed by atoms with Crippen molar-refractivity contribution in [3.8, 4) is 0 Å². The summed E-state index contributed by atoms with van der Waals surface area (Å²) < 4.78 is 0. The van der Waals surface area contributed by atoms with Gasteiger partial charge in [0.05, 0.1) is 5.92 Å². The first-order chi connectivity index (χ1) is 13.2. The third kappa shape index (κ3) is 3.30. The lowest BCUT2D eigenvalue weighted by Crippen LogP contribution is -2.44. The predicted molar refractivity (Wildman–Crippen MR) is 108 cm³/mol. The Labute approximate surface area is 161 Å². The smallest absolute Gasteiger partial charge is 0.177 e. The van der Waals surface area contributed by atoms with Gasteiger partial charge < -0.3 is 10.2 Å². The monoisotopic (exact) mass is 361 g/mol. The number of nitrogens with zero attached hydrogens (tertiary/aromatic N) is 1. The molecule has 4 rings (SSSR count). The van der Waals surface area contributed by atoms with E-state index in [1.807, 2.05) is 60.7 Å². The number of amidine groups is 1. The van der Waals surface area contributed by atoms with E-state index in [4.69, 9.17) is 5.41 Å². The molecule has 2 aromatic carbocycles. The lowest BCUT2D eigenvalue weighted by molar-refractivity contribution is -0.124. The summed E-state index contributed by atoms with van der Waals surface area (Å²) in [7, 11) is 0. The molecule has 2 N–H and O–H groups in total. The highest BCUT2D eigenvalue weighted by Gasteiger charge is 2.52. The number of hydrogen-bond acceptors (Lipinski definition) is 3. The van der Waals surface area contributed by atoms with Gasteiger partial charge in [-0.1, -0.05) is 60.7 Å². The van der Waals surface area contributed by atoms with Gasteiger partial charge in [-0.25, -0.2) is 0 Å². The molecule has 2 saturated heterocycles. The highest BCUT2D eigenvalue weighted by atomic mass is 16.1. The number of ketones is 1. The zero-order valence-electron chi connectivity index (χ0n) is 15.7. The quantitative estimate of drug-likeness (QED) is 0.827. The van der Waals surface area contributed by atoms with Gasteiger partial charge in [0.2, 0.25) is 0 Å². The summed E-state index contributed by atoms with van der Waals surface area (Å²) in [5.74, 6) is 0.105. The van der Waals surface area contributed by atoms with Crippen molar-refractivity contribution in [2.24, 2.45) is 5.92 Å². The molecule has 0 spiro atoms. The molecule has 0 aromatic heterocycles. The van der Waals surface area contributed by atoms with Gasteiger partial charge >= 0.3 is 0 Å². The molecule has 0 bridgehead atoms. The Kier molecular flexibility index (Phi) is 5.08. The molecule has 1 unspecified atom stereocenters. The van der Waals surface area contributed by atoms with Crippen LogP contribution < -0.4 is 5.32 Å². The third-order valence-corrected chi connectivity index (χ3v) is 5.94. The molecule has 27 heavy (non-hydrogen) atoms. The summed E-state index contributed by atoms with van der Waals surface area (Å²) in [4.78, 5) is 16.1. The van der Waals surface area contributed by atoms with Crippen LogP contribution in [0.4, 0.5) is 0 Å². The van der Waals surface area contributed by atoms with Gasteiger partial charge in [0, 0.05) is 0 Å². The van der Waals surface area contributed by atoms with E-state index >= 15 is 0 Å². The lowest BCUT2D eigenvalue weighted by atomic mass is 9.78. The highest BCUT2D eigenvalue weighted by Crippen LogP contribution is 2.39. The molecular formula is C23H27N3O. The Morgan fingerprint density at radius 1 is 0.963 bits per heavy atom. The third-order valence-electron chi connectivity index (χ3n) is 5.94. The van der Waals surface area contributed by atoms with Crippen molar-refractivity contribution in [2.75, 3.05) is 19.6 Å². The topological polar surface area (TPSA) is 56.2 Å². The first-order valence-electron chi connectivity index (χ1n) is 9.96. The number of rotatable bonds is 6. The van der Waals surface area contributed by atoms with E-state index in [0.717, 1.165) is 30.5 Å². The van der Waals surface area contributed by atoms with Crippen LogP contribution >= 0.6 is 0 Å². The Hall–Kier alpha value is -2.46. The van der Waals surface area contributed by atoms with Gasteiger partial charge in [0.15, 0.2) is 5.78 Å². The summed E-state index contributed by atoms with van der Waals surface area (Å²) in [5.41, 5.74) is 0.874. The number of benzene rings is 2. The minimum atomic E-state index is -0.947. The maximum absolute atomic E-state index is 13.6. The minimum absolute atomic E-state index is 0.103. The fraction of sp³-hybridized carbons (Fsp3) is 0.391. The molecule has 140 valence electrons. The number of carbonyl (C=O) groups is 1. The van der Waals surface area contributed by atoms with Crippen molar-refractivity contribution in [2.45, 2.75) is 31.2 Å². The Morgan fingerprint density at radius 2 is 1.52 bits per heavy atom. The van der Waals surface area contributed by atoms with Crippen molar-refractivity contribution in [1.29, 1.82) is 5.41 Å². The summed E-state index contributed by atoms with van der Waals surface area (Å²) in [6.07, 6.45) is 4.26. The zero-order chi connectivity index (χ0) is 18.7. The van der Waals surface area contributed by atoms with Crippen LogP contribution in [0.25, 0.3) is 0 Å². The molecule has 2 heterocycles. The van der Waals surface area contributed by atoms with Gasteiger partial charge in [0.25, 0.3) is 0 Å². The van der Waals surface area contributed by atoms with Crippen molar-refractivity contribution < 1.29 is 4.79 Å². The van der Waals surface area contributed by atoms with E-state index in [2.05, 4.69) is 10.2 Å². The molecule has 0 aliphatic carbocycles. The van der Waals surface area contributed by atoms with E-state index in [9.17, 15) is 4.79 Å². The van der Waals surface area contributed by atoms with Crippen molar-refractivity contribution in [3.05, 3.63) is 71.8 Å². The molecule has 2 aromatic rings. The summed E-state index contributed by atoms with van der Waals surface area (Å²) >= 11 is 0. The fourth-order valence-electron chi connectivity index (χ4n) is 4.52. The second-order valence-electron chi connectivity index (χ2n) is 7.63. The second-order valence-corrected chi connectivity index (χ2v) is 7.63. The highest BCUT2D eigenvalue weighted by molar-refractivity contribution is 6.15. The Morgan fingerprint density at radius 3 is 2.07 bits per heavy atom. The average Bonchev–Trinajstić information content (AvgIpc) is 3.31. The molecule has 4 heteroatoms.